The Morgan fingerprint density at radius 2 is 1.94 bits per heavy atom. The fraction of sp³-hybridized carbons (Fsp3) is 0.818. The Morgan fingerprint density at radius 3 is 2.31 bits per heavy atom. The molecule has 3 atom stereocenters. The van der Waals surface area contributed by atoms with Crippen LogP contribution in [0.4, 0.5) is 0 Å². The number of hydrogen-bond donors (Lipinski definition) is 3. The number of carbonyl (C=O) groups excluding carboxylic acids is 1. The van der Waals surface area contributed by atoms with Gasteiger partial charge in [-0.2, -0.15) is 0 Å². The monoisotopic (exact) mass is 230 g/mol. The predicted molar refractivity (Wildman–Crippen MR) is 61.9 cm³/mol. The molecule has 0 aliphatic heterocycles. The third-order valence-corrected chi connectivity index (χ3v) is 3.10. The van der Waals surface area contributed by atoms with Crippen LogP contribution in [0.2, 0.25) is 0 Å². The number of aliphatic carboxylic acids is 1. The fourth-order valence-electron chi connectivity index (χ4n) is 1.59. The lowest BCUT2D eigenvalue weighted by Crippen LogP contribution is -2.45. The summed E-state index contributed by atoms with van der Waals surface area (Å²) in [4.78, 5) is 21.9. The van der Waals surface area contributed by atoms with Crippen molar-refractivity contribution in [2.24, 2.45) is 17.6 Å². The van der Waals surface area contributed by atoms with Gasteiger partial charge in [0.25, 0.3) is 0 Å². The highest BCUT2D eigenvalue weighted by atomic mass is 16.4. The molecule has 0 aliphatic rings. The fourth-order valence-corrected chi connectivity index (χ4v) is 1.59. The van der Waals surface area contributed by atoms with Gasteiger partial charge in [0.1, 0.15) is 0 Å². The topological polar surface area (TPSA) is 92.4 Å². The second kappa shape index (κ2) is 7.22. The van der Waals surface area contributed by atoms with Gasteiger partial charge in [0.05, 0.1) is 13.0 Å². The number of carboxylic acids is 1. The molecule has 0 spiro atoms. The number of nitrogens with one attached hydrogen (secondary N) is 1. The van der Waals surface area contributed by atoms with Crippen LogP contribution in [0.3, 0.4) is 0 Å². The third-order valence-electron chi connectivity index (χ3n) is 3.10. The highest BCUT2D eigenvalue weighted by molar-refractivity contribution is 5.79. The molecule has 0 aromatic rings. The van der Waals surface area contributed by atoms with E-state index in [1.165, 1.54) is 0 Å². The summed E-state index contributed by atoms with van der Waals surface area (Å²) in [6, 6.07) is -0.344. The van der Waals surface area contributed by atoms with Crippen LogP contribution in [-0.2, 0) is 9.59 Å². The first kappa shape index (κ1) is 14.9. The summed E-state index contributed by atoms with van der Waals surface area (Å²) in [6.45, 7) is 5.94. The summed E-state index contributed by atoms with van der Waals surface area (Å²) in [5.74, 6) is -0.724. The largest absolute Gasteiger partial charge is 0.481 e. The molecule has 0 fully saturated rings. The minimum Gasteiger partial charge on any atom is -0.481 e. The van der Waals surface area contributed by atoms with Gasteiger partial charge in [0.15, 0.2) is 0 Å². The van der Waals surface area contributed by atoms with Gasteiger partial charge in [0.2, 0.25) is 5.91 Å². The number of amides is 1. The van der Waals surface area contributed by atoms with Crippen molar-refractivity contribution in [1.82, 2.24) is 5.32 Å². The summed E-state index contributed by atoms with van der Waals surface area (Å²) in [6.07, 6.45) is 0.896. The van der Waals surface area contributed by atoms with Crippen molar-refractivity contribution in [3.8, 4) is 0 Å². The Balaban J connectivity index is 4.52. The van der Waals surface area contributed by atoms with Gasteiger partial charge in [-0.1, -0.05) is 27.2 Å². The molecule has 0 radical (unpaired) electrons. The Kier molecular flexibility index (Phi) is 6.72. The van der Waals surface area contributed by atoms with E-state index in [2.05, 4.69) is 5.32 Å². The summed E-state index contributed by atoms with van der Waals surface area (Å²) in [5.41, 5.74) is 5.20. The molecule has 0 aromatic carbocycles. The molecule has 3 unspecified atom stereocenters. The maximum absolute atomic E-state index is 11.2. The lowest BCUT2D eigenvalue weighted by Gasteiger charge is -2.28. The van der Waals surface area contributed by atoms with Gasteiger partial charge in [0, 0.05) is 6.04 Å². The highest BCUT2D eigenvalue weighted by Crippen LogP contribution is 2.20. The Bertz CT molecular complexity index is 243. The van der Waals surface area contributed by atoms with Crippen LogP contribution >= 0.6 is 0 Å². The van der Waals surface area contributed by atoms with Crippen LogP contribution < -0.4 is 11.1 Å². The zero-order chi connectivity index (χ0) is 12.7. The second-order valence-corrected chi connectivity index (χ2v) is 4.22. The first-order valence-electron chi connectivity index (χ1n) is 5.63. The van der Waals surface area contributed by atoms with E-state index in [9.17, 15) is 9.59 Å². The Hall–Kier alpha value is -1.10. The molecular formula is C11H22N2O3. The molecule has 0 bridgehead atoms. The summed E-state index contributed by atoms with van der Waals surface area (Å²) < 4.78 is 0. The van der Waals surface area contributed by atoms with Gasteiger partial charge in [-0.25, -0.2) is 0 Å². The maximum atomic E-state index is 11.2. The lowest BCUT2D eigenvalue weighted by atomic mass is 9.85. The van der Waals surface area contributed by atoms with E-state index in [1.807, 2.05) is 20.8 Å². The molecule has 16 heavy (non-hydrogen) atoms. The van der Waals surface area contributed by atoms with Gasteiger partial charge in [-0.3, -0.25) is 9.59 Å². The van der Waals surface area contributed by atoms with Gasteiger partial charge < -0.3 is 16.2 Å². The number of carbonyl (C=O) groups is 2. The molecule has 5 nitrogen and oxygen atoms in total. The van der Waals surface area contributed by atoms with Gasteiger partial charge in [-0.15, -0.1) is 0 Å². The molecule has 0 aliphatic carbocycles. The Morgan fingerprint density at radius 1 is 1.38 bits per heavy atom. The van der Waals surface area contributed by atoms with Crippen molar-refractivity contribution in [2.75, 3.05) is 6.54 Å². The van der Waals surface area contributed by atoms with Crippen LogP contribution in [-0.4, -0.2) is 29.6 Å². The van der Waals surface area contributed by atoms with Gasteiger partial charge in [-0.05, 0) is 11.8 Å². The van der Waals surface area contributed by atoms with Gasteiger partial charge >= 0.3 is 5.97 Å². The van der Waals surface area contributed by atoms with Crippen LogP contribution in [0, 0.1) is 11.8 Å². The number of carboxylic acid groups (broad SMARTS) is 1. The lowest BCUT2D eigenvalue weighted by molar-refractivity contribution is -0.138. The average molecular weight is 230 g/mol. The first-order valence-corrected chi connectivity index (χ1v) is 5.63. The molecule has 5 heteroatoms. The predicted octanol–water partition coefficient (Wildman–Crippen LogP) is 0.587. The number of nitrogens with two attached hydrogens (primary N) is 1. The van der Waals surface area contributed by atoms with Crippen molar-refractivity contribution >= 4 is 11.9 Å². The smallest absolute Gasteiger partial charge is 0.305 e. The van der Waals surface area contributed by atoms with Crippen molar-refractivity contribution in [3.05, 3.63) is 0 Å². The second-order valence-electron chi connectivity index (χ2n) is 4.22. The third kappa shape index (κ3) is 5.11. The molecule has 0 saturated carbocycles. The molecule has 0 rings (SSSR count). The van der Waals surface area contributed by atoms with E-state index < -0.39 is 5.97 Å². The molecule has 0 saturated heterocycles. The van der Waals surface area contributed by atoms with Crippen LogP contribution in [0.1, 0.15) is 33.6 Å². The SMILES string of the molecule is CCC(C)C(C)C(CC(=O)O)NC(=O)CN. The Labute approximate surface area is 96.4 Å². The van der Waals surface area contributed by atoms with Crippen LogP contribution in [0.25, 0.3) is 0 Å². The zero-order valence-corrected chi connectivity index (χ0v) is 10.2. The van der Waals surface area contributed by atoms with E-state index in [4.69, 9.17) is 10.8 Å². The molecule has 0 aromatic heterocycles. The minimum absolute atomic E-state index is 0.0583. The van der Waals surface area contributed by atoms with E-state index in [1.54, 1.807) is 0 Å². The summed E-state index contributed by atoms with van der Waals surface area (Å²) >= 11 is 0. The highest BCUT2D eigenvalue weighted by Gasteiger charge is 2.25. The van der Waals surface area contributed by atoms with E-state index >= 15 is 0 Å². The quantitative estimate of drug-likeness (QED) is 0.596. The number of hydrogen-bond acceptors (Lipinski definition) is 3. The van der Waals surface area contributed by atoms with Crippen LogP contribution in [0.15, 0.2) is 0 Å². The van der Waals surface area contributed by atoms with E-state index in [0.29, 0.717) is 5.92 Å². The zero-order valence-electron chi connectivity index (χ0n) is 10.2. The molecule has 1 amide bonds. The first-order chi connectivity index (χ1) is 7.42. The van der Waals surface area contributed by atoms with Crippen LogP contribution in [0.5, 0.6) is 0 Å². The van der Waals surface area contributed by atoms with E-state index in [-0.39, 0.29) is 30.8 Å². The molecular weight excluding hydrogens is 208 g/mol. The number of rotatable bonds is 7. The maximum Gasteiger partial charge on any atom is 0.305 e. The summed E-state index contributed by atoms with van der Waals surface area (Å²) in [5, 5.41) is 11.5. The van der Waals surface area contributed by atoms with E-state index in [0.717, 1.165) is 6.42 Å². The van der Waals surface area contributed by atoms with Crippen molar-refractivity contribution in [1.29, 1.82) is 0 Å². The summed E-state index contributed by atoms with van der Waals surface area (Å²) in [7, 11) is 0. The van der Waals surface area contributed by atoms with Crippen molar-refractivity contribution in [3.63, 3.8) is 0 Å². The minimum atomic E-state index is -0.905. The van der Waals surface area contributed by atoms with Crippen molar-refractivity contribution < 1.29 is 14.7 Å². The molecule has 4 N–H and O–H groups in total. The molecule has 0 heterocycles. The standard InChI is InChI=1S/C11H22N2O3/c1-4-7(2)8(3)9(5-11(15)16)13-10(14)6-12/h7-9H,4-6,12H2,1-3H3,(H,13,14)(H,15,16). The average Bonchev–Trinajstić information content (AvgIpc) is 2.25. The van der Waals surface area contributed by atoms with Crippen molar-refractivity contribution in [2.45, 2.75) is 39.7 Å². The molecule has 94 valence electrons. The normalized spacial score (nSPS) is 16.2.